The minimum absolute atomic E-state index is 0.106. The Labute approximate surface area is 108 Å². The van der Waals surface area contributed by atoms with E-state index in [1.54, 1.807) is 0 Å². The largest absolute Gasteiger partial charge is 0.353 e. The number of nitrogens with one attached hydrogen (secondary N) is 1. The highest BCUT2D eigenvalue weighted by atomic mass is 16.2. The zero-order valence-electron chi connectivity index (χ0n) is 10.8. The third-order valence-electron chi connectivity index (χ3n) is 3.38. The summed E-state index contributed by atoms with van der Waals surface area (Å²) in [5.41, 5.74) is 6.75. The van der Waals surface area contributed by atoms with Crippen molar-refractivity contribution in [2.75, 3.05) is 20.1 Å². The Morgan fingerprint density at radius 3 is 2.72 bits per heavy atom. The zero-order valence-corrected chi connectivity index (χ0v) is 10.8. The maximum atomic E-state index is 11.9. The topological polar surface area (TPSA) is 58.4 Å². The summed E-state index contributed by atoms with van der Waals surface area (Å²) in [6.45, 7) is 1.55. The number of likely N-dealkylation sites (N-methyl/N-ethyl adjacent to an activating group) is 1. The van der Waals surface area contributed by atoms with Gasteiger partial charge in [0.2, 0.25) is 5.91 Å². The number of nitrogens with two attached hydrogens (primary N) is 1. The molecule has 3 N–H and O–H groups in total. The molecule has 2 rings (SSSR count). The molecule has 1 aliphatic rings. The predicted octanol–water partition coefficient (Wildman–Crippen LogP) is 0.897. The lowest BCUT2D eigenvalue weighted by Gasteiger charge is -2.17. The van der Waals surface area contributed by atoms with Gasteiger partial charge in [-0.15, -0.1) is 0 Å². The van der Waals surface area contributed by atoms with Gasteiger partial charge in [-0.25, -0.2) is 0 Å². The van der Waals surface area contributed by atoms with Crippen LogP contribution in [-0.2, 0) is 4.79 Å². The molecule has 1 unspecified atom stereocenters. The number of carbonyl (C=O) groups excluding carboxylic acids is 1. The molecule has 1 aromatic rings. The molecule has 1 fully saturated rings. The smallest absolute Gasteiger partial charge is 0.241 e. The van der Waals surface area contributed by atoms with Crippen LogP contribution in [0.2, 0.25) is 0 Å². The van der Waals surface area contributed by atoms with Crippen molar-refractivity contribution >= 4 is 5.91 Å². The lowest BCUT2D eigenvalue weighted by molar-refractivity contribution is -0.122. The van der Waals surface area contributed by atoms with E-state index in [0.29, 0.717) is 6.54 Å². The first kappa shape index (κ1) is 13.1. The maximum Gasteiger partial charge on any atom is 0.241 e. The highest BCUT2D eigenvalue weighted by Gasteiger charge is 2.25. The molecule has 0 bridgehead atoms. The Morgan fingerprint density at radius 2 is 2.11 bits per heavy atom. The lowest BCUT2D eigenvalue weighted by atomic mass is 10.1. The van der Waals surface area contributed by atoms with Crippen LogP contribution in [0.25, 0.3) is 0 Å². The Hall–Kier alpha value is -1.39. The van der Waals surface area contributed by atoms with Gasteiger partial charge in [-0.05, 0) is 25.5 Å². The molecule has 0 aromatic heterocycles. The Bertz CT molecular complexity index is 389. The van der Waals surface area contributed by atoms with Gasteiger partial charge in [-0.3, -0.25) is 4.79 Å². The average molecular weight is 247 g/mol. The van der Waals surface area contributed by atoms with Crippen LogP contribution in [-0.4, -0.2) is 37.0 Å². The van der Waals surface area contributed by atoms with E-state index in [4.69, 9.17) is 5.73 Å². The van der Waals surface area contributed by atoms with Crippen molar-refractivity contribution < 1.29 is 4.79 Å². The highest BCUT2D eigenvalue weighted by molar-refractivity contribution is 5.82. The standard InChI is InChI=1S/C14H21N3O/c1-17(12-7-8-12)10-9-16-14(18)13(15)11-5-3-2-4-6-11/h2-6,12-13H,7-10,15H2,1H3,(H,16,18). The van der Waals surface area contributed by atoms with Crippen LogP contribution in [0, 0.1) is 0 Å². The second kappa shape index (κ2) is 5.98. The summed E-state index contributed by atoms with van der Waals surface area (Å²) in [5.74, 6) is -0.106. The van der Waals surface area contributed by atoms with Gasteiger partial charge in [0.05, 0.1) is 0 Å². The molecule has 1 saturated carbocycles. The monoisotopic (exact) mass is 247 g/mol. The van der Waals surface area contributed by atoms with E-state index in [0.717, 1.165) is 18.2 Å². The number of nitrogens with zero attached hydrogens (tertiary/aromatic N) is 1. The molecular formula is C14H21N3O. The first-order valence-electron chi connectivity index (χ1n) is 6.47. The lowest BCUT2D eigenvalue weighted by Crippen LogP contribution is -2.38. The Kier molecular flexibility index (Phi) is 4.33. The fraction of sp³-hybridized carbons (Fsp3) is 0.500. The first-order chi connectivity index (χ1) is 8.68. The van der Waals surface area contributed by atoms with Gasteiger partial charge in [0.1, 0.15) is 6.04 Å². The first-order valence-corrected chi connectivity index (χ1v) is 6.47. The minimum Gasteiger partial charge on any atom is -0.353 e. The van der Waals surface area contributed by atoms with E-state index in [1.807, 2.05) is 30.3 Å². The van der Waals surface area contributed by atoms with E-state index in [2.05, 4.69) is 17.3 Å². The van der Waals surface area contributed by atoms with Crippen molar-refractivity contribution in [3.63, 3.8) is 0 Å². The second-order valence-electron chi connectivity index (χ2n) is 4.89. The number of hydrogen-bond acceptors (Lipinski definition) is 3. The van der Waals surface area contributed by atoms with E-state index >= 15 is 0 Å². The normalized spacial score (nSPS) is 16.6. The summed E-state index contributed by atoms with van der Waals surface area (Å²) in [4.78, 5) is 14.1. The van der Waals surface area contributed by atoms with E-state index in [9.17, 15) is 4.79 Å². The van der Waals surface area contributed by atoms with E-state index in [-0.39, 0.29) is 5.91 Å². The molecule has 0 spiro atoms. The third-order valence-corrected chi connectivity index (χ3v) is 3.38. The molecule has 1 aromatic carbocycles. The number of rotatable bonds is 6. The summed E-state index contributed by atoms with van der Waals surface area (Å²) < 4.78 is 0. The molecule has 0 aliphatic heterocycles. The van der Waals surface area contributed by atoms with E-state index in [1.165, 1.54) is 12.8 Å². The Morgan fingerprint density at radius 1 is 1.44 bits per heavy atom. The fourth-order valence-corrected chi connectivity index (χ4v) is 1.98. The van der Waals surface area contributed by atoms with Crippen molar-refractivity contribution in [2.24, 2.45) is 5.73 Å². The molecule has 4 heteroatoms. The third kappa shape index (κ3) is 3.55. The van der Waals surface area contributed by atoms with Crippen molar-refractivity contribution in [3.05, 3.63) is 35.9 Å². The average Bonchev–Trinajstić information content (AvgIpc) is 3.23. The molecule has 0 heterocycles. The summed E-state index contributed by atoms with van der Waals surface area (Å²) in [7, 11) is 2.10. The van der Waals surface area contributed by atoms with Gasteiger partial charge in [0, 0.05) is 19.1 Å². The van der Waals surface area contributed by atoms with Crippen LogP contribution in [0.1, 0.15) is 24.4 Å². The summed E-state index contributed by atoms with van der Waals surface area (Å²) in [6, 6.07) is 9.61. The van der Waals surface area contributed by atoms with Crippen molar-refractivity contribution in [1.29, 1.82) is 0 Å². The Balaban J connectivity index is 1.73. The van der Waals surface area contributed by atoms with Gasteiger partial charge in [0.15, 0.2) is 0 Å². The van der Waals surface area contributed by atoms with Crippen LogP contribution >= 0.6 is 0 Å². The molecule has 1 amide bonds. The minimum atomic E-state index is -0.572. The van der Waals surface area contributed by atoms with Gasteiger partial charge in [-0.2, -0.15) is 0 Å². The fourth-order valence-electron chi connectivity index (χ4n) is 1.98. The van der Waals surface area contributed by atoms with Crippen molar-refractivity contribution in [1.82, 2.24) is 10.2 Å². The van der Waals surface area contributed by atoms with Crippen LogP contribution < -0.4 is 11.1 Å². The summed E-state index contributed by atoms with van der Waals surface area (Å²) in [6.07, 6.45) is 2.57. The maximum absolute atomic E-state index is 11.9. The highest BCUT2D eigenvalue weighted by Crippen LogP contribution is 2.24. The molecule has 0 saturated heterocycles. The number of hydrogen-bond donors (Lipinski definition) is 2. The molecule has 4 nitrogen and oxygen atoms in total. The number of benzene rings is 1. The molecular weight excluding hydrogens is 226 g/mol. The molecule has 18 heavy (non-hydrogen) atoms. The van der Waals surface area contributed by atoms with E-state index < -0.39 is 6.04 Å². The number of amides is 1. The summed E-state index contributed by atoms with van der Waals surface area (Å²) in [5, 5.41) is 2.89. The van der Waals surface area contributed by atoms with Crippen LogP contribution in [0.5, 0.6) is 0 Å². The van der Waals surface area contributed by atoms with Crippen LogP contribution in [0.3, 0.4) is 0 Å². The molecule has 0 radical (unpaired) electrons. The zero-order chi connectivity index (χ0) is 13.0. The quantitative estimate of drug-likeness (QED) is 0.785. The summed E-state index contributed by atoms with van der Waals surface area (Å²) >= 11 is 0. The van der Waals surface area contributed by atoms with Gasteiger partial charge < -0.3 is 16.0 Å². The molecule has 1 atom stereocenters. The van der Waals surface area contributed by atoms with Crippen LogP contribution in [0.4, 0.5) is 0 Å². The van der Waals surface area contributed by atoms with Gasteiger partial charge >= 0.3 is 0 Å². The molecule has 1 aliphatic carbocycles. The second-order valence-corrected chi connectivity index (χ2v) is 4.89. The molecule has 98 valence electrons. The SMILES string of the molecule is CN(CCNC(=O)C(N)c1ccccc1)C1CC1. The van der Waals surface area contributed by atoms with Crippen molar-refractivity contribution in [3.8, 4) is 0 Å². The van der Waals surface area contributed by atoms with Gasteiger partial charge in [-0.1, -0.05) is 30.3 Å². The van der Waals surface area contributed by atoms with Gasteiger partial charge in [0.25, 0.3) is 0 Å². The van der Waals surface area contributed by atoms with Crippen LogP contribution in [0.15, 0.2) is 30.3 Å². The number of carbonyl (C=O) groups is 1. The predicted molar refractivity (Wildman–Crippen MR) is 72.0 cm³/mol. The van der Waals surface area contributed by atoms with Crippen molar-refractivity contribution in [2.45, 2.75) is 24.9 Å².